The van der Waals surface area contributed by atoms with Crippen LogP contribution < -0.4 is 5.56 Å². The van der Waals surface area contributed by atoms with Crippen LogP contribution in [-0.4, -0.2) is 26.2 Å². The molecule has 0 aliphatic carbocycles. The Hall–Kier alpha value is -4.42. The van der Waals surface area contributed by atoms with E-state index in [1.165, 1.54) is 0 Å². The van der Waals surface area contributed by atoms with Crippen LogP contribution in [0.25, 0.3) is 44.4 Å². The summed E-state index contributed by atoms with van der Waals surface area (Å²) in [6, 6.07) is 23.0. The highest BCUT2D eigenvalue weighted by Gasteiger charge is 2.12. The van der Waals surface area contributed by atoms with E-state index in [2.05, 4.69) is 9.97 Å². The normalized spacial score (nSPS) is 11.0. The third kappa shape index (κ3) is 4.52. The Labute approximate surface area is 205 Å². The fourth-order valence-electron chi connectivity index (χ4n) is 4.09. The van der Waals surface area contributed by atoms with E-state index >= 15 is 0 Å². The zero-order valence-electron chi connectivity index (χ0n) is 18.3. The number of para-hydroxylation sites is 1. The van der Waals surface area contributed by atoms with Gasteiger partial charge in [0.25, 0.3) is 5.56 Å². The molecule has 5 aromatic rings. The molecule has 0 aliphatic rings. The van der Waals surface area contributed by atoms with Crippen LogP contribution in [0, 0.1) is 0 Å². The van der Waals surface area contributed by atoms with E-state index in [4.69, 9.17) is 16.7 Å². The number of pyridine rings is 2. The Kier molecular flexibility index (Phi) is 5.81. The summed E-state index contributed by atoms with van der Waals surface area (Å²) in [5.41, 5.74) is 4.79. The number of aromatic hydroxyl groups is 1. The summed E-state index contributed by atoms with van der Waals surface area (Å²) in [6.45, 7) is 0. The second kappa shape index (κ2) is 9.08. The fraction of sp³-hybridized carbons (Fsp3) is 0.0357. The van der Waals surface area contributed by atoms with Crippen LogP contribution in [0.15, 0.2) is 89.9 Å². The molecular weight excluding hydrogens is 464 g/mol. The Morgan fingerprint density at radius 1 is 0.886 bits per heavy atom. The molecule has 0 aliphatic heterocycles. The topological polar surface area (TPSA) is 103 Å². The van der Waals surface area contributed by atoms with E-state index < -0.39 is 5.97 Å². The monoisotopic (exact) mass is 482 g/mol. The van der Waals surface area contributed by atoms with Crippen LogP contribution in [0.1, 0.15) is 5.56 Å². The molecular formula is C28H19ClN2O4. The van der Waals surface area contributed by atoms with Gasteiger partial charge in [0.15, 0.2) is 0 Å². The second-order valence-corrected chi connectivity index (χ2v) is 8.56. The minimum Gasteiger partial charge on any atom is -0.507 e. The van der Waals surface area contributed by atoms with Gasteiger partial charge in [0, 0.05) is 34.0 Å². The van der Waals surface area contributed by atoms with Crippen molar-refractivity contribution in [2.24, 2.45) is 0 Å². The molecule has 0 amide bonds. The van der Waals surface area contributed by atoms with Crippen molar-refractivity contribution < 1.29 is 15.0 Å². The maximum atomic E-state index is 12.8. The van der Waals surface area contributed by atoms with Gasteiger partial charge in [-0.05, 0) is 52.9 Å². The van der Waals surface area contributed by atoms with Gasteiger partial charge in [-0.25, -0.2) is 0 Å². The predicted octanol–water partition coefficient (Wildman–Crippen LogP) is 5.91. The third-order valence-corrected chi connectivity index (χ3v) is 6.09. The molecule has 35 heavy (non-hydrogen) atoms. The first-order valence-corrected chi connectivity index (χ1v) is 11.2. The van der Waals surface area contributed by atoms with Gasteiger partial charge in [0.1, 0.15) is 5.75 Å². The quantitative estimate of drug-likeness (QED) is 0.289. The number of H-pyrrole nitrogens is 1. The number of hydrogen-bond donors (Lipinski definition) is 3. The fourth-order valence-corrected chi connectivity index (χ4v) is 4.36. The summed E-state index contributed by atoms with van der Waals surface area (Å²) in [5.74, 6) is -0.781. The van der Waals surface area contributed by atoms with Crippen molar-refractivity contribution in [3.8, 4) is 39.3 Å². The number of carbonyl (C=O) groups is 1. The van der Waals surface area contributed by atoms with Crippen molar-refractivity contribution in [3.05, 3.63) is 106 Å². The van der Waals surface area contributed by atoms with Crippen LogP contribution in [0.2, 0.25) is 5.02 Å². The Morgan fingerprint density at radius 3 is 2.43 bits per heavy atom. The molecule has 172 valence electrons. The molecule has 0 fully saturated rings. The lowest BCUT2D eigenvalue weighted by molar-refractivity contribution is -0.136. The number of halogens is 1. The summed E-state index contributed by atoms with van der Waals surface area (Å²) in [4.78, 5) is 31.2. The first-order valence-electron chi connectivity index (χ1n) is 10.8. The van der Waals surface area contributed by atoms with Crippen molar-refractivity contribution in [2.45, 2.75) is 6.42 Å². The molecule has 0 spiro atoms. The number of aromatic amines is 1. The number of aliphatic carboxylic acids is 1. The summed E-state index contributed by atoms with van der Waals surface area (Å²) >= 11 is 6.55. The lowest BCUT2D eigenvalue weighted by Crippen LogP contribution is -2.09. The van der Waals surface area contributed by atoms with E-state index in [1.807, 2.05) is 24.3 Å². The Balaban J connectivity index is 1.56. The maximum Gasteiger partial charge on any atom is 0.307 e. The van der Waals surface area contributed by atoms with Gasteiger partial charge in [-0.15, -0.1) is 0 Å². The SMILES string of the molecule is O=C(O)Cc1cccc(-c2cc3cc(-c4ccc(-c5ccccc5O)nc4)c(Cl)cc3[nH]c2=O)c1. The van der Waals surface area contributed by atoms with Gasteiger partial charge in [-0.1, -0.05) is 54.1 Å². The van der Waals surface area contributed by atoms with E-state index in [0.29, 0.717) is 38.5 Å². The molecule has 3 aromatic carbocycles. The van der Waals surface area contributed by atoms with Crippen molar-refractivity contribution in [3.63, 3.8) is 0 Å². The van der Waals surface area contributed by atoms with Crippen molar-refractivity contribution in [2.75, 3.05) is 0 Å². The van der Waals surface area contributed by atoms with Gasteiger partial charge in [-0.3, -0.25) is 14.6 Å². The second-order valence-electron chi connectivity index (χ2n) is 8.15. The molecule has 0 radical (unpaired) electrons. The van der Waals surface area contributed by atoms with Gasteiger partial charge in [-0.2, -0.15) is 0 Å². The van der Waals surface area contributed by atoms with Crippen molar-refractivity contribution >= 4 is 28.5 Å². The lowest BCUT2D eigenvalue weighted by atomic mass is 9.99. The Morgan fingerprint density at radius 2 is 1.69 bits per heavy atom. The number of aromatic nitrogens is 2. The zero-order valence-corrected chi connectivity index (χ0v) is 19.1. The minimum absolute atomic E-state index is 0.122. The Bertz CT molecular complexity index is 1640. The number of phenolic OH excluding ortho intramolecular Hbond substituents is 1. The zero-order chi connectivity index (χ0) is 24.5. The molecule has 0 saturated carbocycles. The first kappa shape index (κ1) is 22.4. The van der Waals surface area contributed by atoms with Gasteiger partial charge < -0.3 is 15.2 Å². The van der Waals surface area contributed by atoms with Crippen LogP contribution >= 0.6 is 11.6 Å². The highest BCUT2D eigenvalue weighted by Crippen LogP contribution is 2.34. The highest BCUT2D eigenvalue weighted by molar-refractivity contribution is 6.34. The van der Waals surface area contributed by atoms with Crippen LogP contribution in [0.3, 0.4) is 0 Å². The van der Waals surface area contributed by atoms with Gasteiger partial charge >= 0.3 is 5.97 Å². The number of benzene rings is 3. The van der Waals surface area contributed by atoms with Crippen LogP contribution in [0.4, 0.5) is 0 Å². The molecule has 2 heterocycles. The average Bonchev–Trinajstić information content (AvgIpc) is 2.84. The summed E-state index contributed by atoms with van der Waals surface area (Å²) in [7, 11) is 0. The number of phenols is 1. The molecule has 0 unspecified atom stereocenters. The molecule has 2 aromatic heterocycles. The molecule has 0 atom stereocenters. The largest absolute Gasteiger partial charge is 0.507 e. The molecule has 0 bridgehead atoms. The number of rotatable bonds is 5. The van der Waals surface area contributed by atoms with Gasteiger partial charge in [0.2, 0.25) is 0 Å². The maximum absolute atomic E-state index is 12.8. The number of nitrogens with zero attached hydrogens (tertiary/aromatic N) is 1. The smallest absolute Gasteiger partial charge is 0.307 e. The number of hydrogen-bond acceptors (Lipinski definition) is 4. The van der Waals surface area contributed by atoms with Gasteiger partial charge in [0.05, 0.1) is 17.1 Å². The third-order valence-electron chi connectivity index (χ3n) is 5.78. The number of carboxylic acid groups (broad SMARTS) is 1. The van der Waals surface area contributed by atoms with Crippen molar-refractivity contribution in [1.82, 2.24) is 9.97 Å². The predicted molar refractivity (Wildman–Crippen MR) is 137 cm³/mol. The standard InChI is InChI=1S/C28H19ClN2O4/c29-23-14-25-19(13-22(28(35)31-25)17-5-3-4-16(10-17)11-27(33)34)12-21(23)18-8-9-24(30-15-18)20-6-1-2-7-26(20)32/h1-10,12-15,32H,11H2,(H,31,35)(H,33,34). The molecule has 7 heteroatoms. The molecule has 5 rings (SSSR count). The number of fused-ring (bicyclic) bond motifs is 1. The summed E-state index contributed by atoms with van der Waals surface area (Å²) in [6.07, 6.45) is 1.57. The van der Waals surface area contributed by atoms with Crippen LogP contribution in [0.5, 0.6) is 5.75 Å². The molecule has 6 nitrogen and oxygen atoms in total. The molecule has 0 saturated heterocycles. The summed E-state index contributed by atoms with van der Waals surface area (Å²) < 4.78 is 0. The van der Waals surface area contributed by atoms with E-state index in [0.717, 1.165) is 16.5 Å². The van der Waals surface area contributed by atoms with Crippen molar-refractivity contribution in [1.29, 1.82) is 0 Å². The van der Waals surface area contributed by atoms with E-state index in [-0.39, 0.29) is 17.7 Å². The van der Waals surface area contributed by atoms with E-state index in [9.17, 15) is 14.7 Å². The van der Waals surface area contributed by atoms with Crippen LogP contribution in [-0.2, 0) is 11.2 Å². The lowest BCUT2D eigenvalue weighted by Gasteiger charge is -2.10. The summed E-state index contributed by atoms with van der Waals surface area (Å²) in [5, 5.41) is 20.4. The average molecular weight is 483 g/mol. The number of carboxylic acids is 1. The minimum atomic E-state index is -0.934. The molecule has 3 N–H and O–H groups in total. The highest BCUT2D eigenvalue weighted by atomic mass is 35.5. The van der Waals surface area contributed by atoms with E-state index in [1.54, 1.807) is 60.8 Å². The first-order chi connectivity index (χ1) is 16.9. The number of nitrogens with one attached hydrogen (secondary N) is 1.